The summed E-state index contributed by atoms with van der Waals surface area (Å²) >= 11 is 0. The summed E-state index contributed by atoms with van der Waals surface area (Å²) in [5.41, 5.74) is 1.33. The molecule has 0 N–H and O–H groups in total. The van der Waals surface area contributed by atoms with E-state index in [9.17, 15) is 4.79 Å². The second kappa shape index (κ2) is 9.45. The SMILES string of the molecule is C=Cc1ccc(CCOCC)c(C(=O)OC(C)(C)C)c1OCOC. The van der Waals surface area contributed by atoms with Gasteiger partial charge in [-0.05, 0) is 39.7 Å². The number of ether oxygens (including phenoxy) is 4. The van der Waals surface area contributed by atoms with Gasteiger partial charge in [-0.25, -0.2) is 4.79 Å². The summed E-state index contributed by atoms with van der Waals surface area (Å²) in [5, 5.41) is 0. The molecule has 0 bridgehead atoms. The molecular weight excluding hydrogens is 308 g/mol. The van der Waals surface area contributed by atoms with Crippen molar-refractivity contribution in [2.45, 2.75) is 39.7 Å². The molecule has 0 heterocycles. The van der Waals surface area contributed by atoms with Gasteiger partial charge < -0.3 is 18.9 Å². The van der Waals surface area contributed by atoms with Crippen molar-refractivity contribution in [1.29, 1.82) is 0 Å². The Bertz CT molecular complexity index is 558. The summed E-state index contributed by atoms with van der Waals surface area (Å²) in [7, 11) is 1.53. The van der Waals surface area contributed by atoms with E-state index in [0.29, 0.717) is 36.5 Å². The molecule has 0 spiro atoms. The third kappa shape index (κ3) is 5.98. The van der Waals surface area contributed by atoms with Gasteiger partial charge in [-0.3, -0.25) is 0 Å². The highest BCUT2D eigenvalue weighted by atomic mass is 16.7. The van der Waals surface area contributed by atoms with Crippen molar-refractivity contribution in [3.8, 4) is 5.75 Å². The Morgan fingerprint density at radius 3 is 2.54 bits per heavy atom. The van der Waals surface area contributed by atoms with E-state index in [1.54, 1.807) is 6.08 Å². The average Bonchev–Trinajstić information content (AvgIpc) is 2.51. The molecule has 0 saturated heterocycles. The molecule has 0 amide bonds. The van der Waals surface area contributed by atoms with Crippen molar-refractivity contribution in [3.63, 3.8) is 0 Å². The van der Waals surface area contributed by atoms with E-state index in [2.05, 4.69) is 6.58 Å². The molecule has 0 aliphatic carbocycles. The van der Waals surface area contributed by atoms with Crippen LogP contribution in [-0.2, 0) is 20.6 Å². The first kappa shape index (κ1) is 20.2. The number of rotatable bonds is 9. The minimum Gasteiger partial charge on any atom is -0.466 e. The number of esters is 1. The summed E-state index contributed by atoms with van der Waals surface area (Å²) in [6, 6.07) is 3.75. The highest BCUT2D eigenvalue weighted by Gasteiger charge is 2.25. The van der Waals surface area contributed by atoms with Gasteiger partial charge in [0.1, 0.15) is 16.9 Å². The van der Waals surface area contributed by atoms with E-state index in [4.69, 9.17) is 18.9 Å². The van der Waals surface area contributed by atoms with Crippen LogP contribution in [0.5, 0.6) is 5.75 Å². The third-order valence-electron chi connectivity index (χ3n) is 3.14. The number of benzene rings is 1. The van der Waals surface area contributed by atoms with Crippen LogP contribution in [0.15, 0.2) is 18.7 Å². The Morgan fingerprint density at radius 2 is 2.00 bits per heavy atom. The maximum Gasteiger partial charge on any atom is 0.342 e. The van der Waals surface area contributed by atoms with Gasteiger partial charge in [0.15, 0.2) is 6.79 Å². The van der Waals surface area contributed by atoms with Crippen LogP contribution in [0.1, 0.15) is 49.2 Å². The van der Waals surface area contributed by atoms with Crippen molar-refractivity contribution in [2.24, 2.45) is 0 Å². The Labute approximate surface area is 144 Å². The lowest BCUT2D eigenvalue weighted by atomic mass is 9.99. The van der Waals surface area contributed by atoms with E-state index < -0.39 is 11.6 Å². The predicted molar refractivity (Wildman–Crippen MR) is 94.4 cm³/mol. The molecule has 0 aliphatic heterocycles. The summed E-state index contributed by atoms with van der Waals surface area (Å²) in [4.78, 5) is 12.7. The number of carbonyl (C=O) groups excluding carboxylic acids is 1. The van der Waals surface area contributed by atoms with Crippen molar-refractivity contribution in [2.75, 3.05) is 27.1 Å². The Balaban J connectivity index is 3.31. The Hall–Kier alpha value is -1.85. The fraction of sp³-hybridized carbons (Fsp3) is 0.526. The lowest BCUT2D eigenvalue weighted by molar-refractivity contribution is 0.00536. The molecule has 0 aliphatic rings. The molecule has 0 aromatic heterocycles. The number of hydrogen-bond donors (Lipinski definition) is 0. The van der Waals surface area contributed by atoms with Gasteiger partial charge in [-0.2, -0.15) is 0 Å². The highest BCUT2D eigenvalue weighted by molar-refractivity contribution is 5.96. The molecule has 5 heteroatoms. The van der Waals surface area contributed by atoms with Crippen LogP contribution in [0, 0.1) is 0 Å². The largest absolute Gasteiger partial charge is 0.466 e. The second-order valence-electron chi connectivity index (χ2n) is 6.22. The van der Waals surface area contributed by atoms with Crippen LogP contribution in [-0.4, -0.2) is 38.7 Å². The van der Waals surface area contributed by atoms with Crippen LogP contribution in [0.4, 0.5) is 0 Å². The fourth-order valence-corrected chi connectivity index (χ4v) is 2.16. The van der Waals surface area contributed by atoms with Gasteiger partial charge in [-0.15, -0.1) is 0 Å². The van der Waals surface area contributed by atoms with Crippen molar-refractivity contribution in [1.82, 2.24) is 0 Å². The predicted octanol–water partition coefficient (Wildman–Crippen LogP) is 3.85. The minimum atomic E-state index is -0.600. The first-order valence-electron chi connectivity index (χ1n) is 8.05. The molecule has 5 nitrogen and oxygen atoms in total. The zero-order valence-electron chi connectivity index (χ0n) is 15.3. The molecule has 0 unspecified atom stereocenters. The number of methoxy groups -OCH3 is 1. The van der Waals surface area contributed by atoms with E-state index in [0.717, 1.165) is 5.56 Å². The van der Waals surface area contributed by atoms with Crippen LogP contribution in [0.2, 0.25) is 0 Å². The molecule has 0 atom stereocenters. The third-order valence-corrected chi connectivity index (χ3v) is 3.14. The summed E-state index contributed by atoms with van der Waals surface area (Å²) < 4.78 is 21.6. The Kier molecular flexibility index (Phi) is 7.95. The molecule has 134 valence electrons. The van der Waals surface area contributed by atoms with Gasteiger partial charge in [0.2, 0.25) is 0 Å². The van der Waals surface area contributed by atoms with Gasteiger partial charge >= 0.3 is 5.97 Å². The summed E-state index contributed by atoms with van der Waals surface area (Å²) in [6.45, 7) is 12.4. The standard InChI is InChI=1S/C19H28O5/c1-7-14-9-10-15(11-12-22-8-2)16(17(14)23-13-21-6)18(20)24-19(3,4)5/h7,9-10H,1,8,11-13H2,2-6H3. The molecule has 0 saturated carbocycles. The van der Waals surface area contributed by atoms with Crippen LogP contribution < -0.4 is 4.74 Å². The smallest absolute Gasteiger partial charge is 0.342 e. The van der Waals surface area contributed by atoms with Crippen molar-refractivity contribution >= 4 is 12.0 Å². The van der Waals surface area contributed by atoms with Gasteiger partial charge in [0.05, 0.1) is 6.61 Å². The normalized spacial score (nSPS) is 11.2. The van der Waals surface area contributed by atoms with Crippen LogP contribution >= 0.6 is 0 Å². The zero-order chi connectivity index (χ0) is 18.2. The van der Waals surface area contributed by atoms with Gasteiger partial charge in [0.25, 0.3) is 0 Å². The molecule has 1 aromatic carbocycles. The lowest BCUT2D eigenvalue weighted by Gasteiger charge is -2.23. The summed E-state index contributed by atoms with van der Waals surface area (Å²) in [5.74, 6) is -0.00102. The van der Waals surface area contributed by atoms with E-state index in [-0.39, 0.29) is 6.79 Å². The van der Waals surface area contributed by atoms with E-state index in [1.807, 2.05) is 39.8 Å². The van der Waals surface area contributed by atoms with Crippen molar-refractivity contribution < 1.29 is 23.7 Å². The molecule has 24 heavy (non-hydrogen) atoms. The maximum atomic E-state index is 12.7. The van der Waals surface area contributed by atoms with Gasteiger partial charge in [-0.1, -0.05) is 24.8 Å². The van der Waals surface area contributed by atoms with Crippen LogP contribution in [0.25, 0.3) is 6.08 Å². The Morgan fingerprint density at radius 1 is 1.29 bits per heavy atom. The van der Waals surface area contributed by atoms with Crippen molar-refractivity contribution in [3.05, 3.63) is 35.4 Å². The van der Waals surface area contributed by atoms with E-state index in [1.165, 1.54) is 7.11 Å². The number of carbonyl (C=O) groups is 1. The molecule has 0 fully saturated rings. The van der Waals surface area contributed by atoms with Gasteiger partial charge in [0, 0.05) is 19.3 Å². The minimum absolute atomic E-state index is 0.0333. The molecule has 1 rings (SSSR count). The maximum absolute atomic E-state index is 12.7. The highest BCUT2D eigenvalue weighted by Crippen LogP contribution is 2.31. The first-order valence-corrected chi connectivity index (χ1v) is 8.05. The first-order chi connectivity index (χ1) is 11.3. The zero-order valence-corrected chi connectivity index (χ0v) is 15.3. The number of hydrogen-bond acceptors (Lipinski definition) is 5. The monoisotopic (exact) mass is 336 g/mol. The molecule has 1 aromatic rings. The average molecular weight is 336 g/mol. The van der Waals surface area contributed by atoms with Crippen LogP contribution in [0.3, 0.4) is 0 Å². The lowest BCUT2D eigenvalue weighted by Crippen LogP contribution is -2.25. The van der Waals surface area contributed by atoms with E-state index >= 15 is 0 Å². The second-order valence-corrected chi connectivity index (χ2v) is 6.22. The summed E-state index contributed by atoms with van der Waals surface area (Å²) in [6.07, 6.45) is 2.23. The molecular formula is C19H28O5. The molecule has 0 radical (unpaired) electrons. The quantitative estimate of drug-likeness (QED) is 0.389. The fourth-order valence-electron chi connectivity index (χ4n) is 2.16. The topological polar surface area (TPSA) is 54.0 Å².